The van der Waals surface area contributed by atoms with Crippen LogP contribution in [0.15, 0.2) is 48.5 Å². The molecule has 0 aliphatic heterocycles. The molecule has 120 valence electrons. The molecule has 0 atom stereocenters. The first-order valence-corrected chi connectivity index (χ1v) is 7.53. The monoisotopic (exact) mass is 311 g/mol. The quantitative estimate of drug-likeness (QED) is 0.766. The molecule has 0 heterocycles. The van der Waals surface area contributed by atoms with Gasteiger partial charge in [0.1, 0.15) is 0 Å². The van der Waals surface area contributed by atoms with Crippen LogP contribution in [0.4, 0.5) is 11.4 Å². The summed E-state index contributed by atoms with van der Waals surface area (Å²) >= 11 is 0. The fraction of sp³-hybridized carbons (Fsp3) is 0.222. The van der Waals surface area contributed by atoms with E-state index in [9.17, 15) is 9.59 Å². The van der Waals surface area contributed by atoms with Crippen molar-refractivity contribution < 1.29 is 9.59 Å². The number of aryl methyl sites for hydroxylation is 2. The van der Waals surface area contributed by atoms with Gasteiger partial charge in [0.15, 0.2) is 0 Å². The molecule has 0 fully saturated rings. The first kappa shape index (κ1) is 16.7. The van der Waals surface area contributed by atoms with Crippen molar-refractivity contribution in [2.45, 2.75) is 19.8 Å². The predicted molar refractivity (Wildman–Crippen MR) is 92.3 cm³/mol. The number of carbonyl (C=O) groups is 2. The maximum Gasteiger partial charge on any atom is 0.238 e. The Kier molecular flexibility index (Phi) is 5.88. The standard InChI is InChI=1S/C18H21N3O2/c1-13-6-8-14(9-7-13)10-11-17(22)20-15-4-2-3-5-16(15)21-18(23)12-19/h2-9H,10-12,19H2,1H3,(H,20,22)(H,21,23). The fourth-order valence-electron chi connectivity index (χ4n) is 2.13. The normalized spacial score (nSPS) is 10.2. The zero-order chi connectivity index (χ0) is 16.7. The number of anilines is 2. The highest BCUT2D eigenvalue weighted by atomic mass is 16.2. The molecule has 0 unspecified atom stereocenters. The Hall–Kier alpha value is -2.66. The first-order valence-electron chi connectivity index (χ1n) is 7.53. The van der Waals surface area contributed by atoms with Gasteiger partial charge in [0, 0.05) is 6.42 Å². The summed E-state index contributed by atoms with van der Waals surface area (Å²) in [6.07, 6.45) is 1.05. The Bertz CT molecular complexity index is 681. The Labute approximate surface area is 135 Å². The van der Waals surface area contributed by atoms with Crippen LogP contribution in [-0.2, 0) is 16.0 Å². The van der Waals surface area contributed by atoms with Crippen LogP contribution in [0.25, 0.3) is 0 Å². The molecule has 5 heteroatoms. The molecule has 0 spiro atoms. The second-order valence-electron chi connectivity index (χ2n) is 5.33. The first-order chi connectivity index (χ1) is 11.1. The number of nitrogens with two attached hydrogens (primary N) is 1. The van der Waals surface area contributed by atoms with Gasteiger partial charge in [-0.2, -0.15) is 0 Å². The molecule has 0 aliphatic carbocycles. The van der Waals surface area contributed by atoms with Crippen LogP contribution in [0.3, 0.4) is 0 Å². The SMILES string of the molecule is Cc1ccc(CCC(=O)Nc2ccccc2NC(=O)CN)cc1. The molecule has 0 radical (unpaired) electrons. The molecule has 4 N–H and O–H groups in total. The number of benzene rings is 2. The van der Waals surface area contributed by atoms with Gasteiger partial charge in [0.05, 0.1) is 17.9 Å². The highest BCUT2D eigenvalue weighted by Crippen LogP contribution is 2.21. The molecule has 0 saturated carbocycles. The number of amides is 2. The summed E-state index contributed by atoms with van der Waals surface area (Å²) in [5.41, 5.74) is 8.73. The number of nitrogens with one attached hydrogen (secondary N) is 2. The molecule has 0 saturated heterocycles. The van der Waals surface area contributed by atoms with E-state index in [-0.39, 0.29) is 18.4 Å². The average molecular weight is 311 g/mol. The third-order valence-electron chi connectivity index (χ3n) is 3.42. The van der Waals surface area contributed by atoms with Crippen LogP contribution in [0.5, 0.6) is 0 Å². The molecule has 23 heavy (non-hydrogen) atoms. The van der Waals surface area contributed by atoms with Gasteiger partial charge in [-0.1, -0.05) is 42.0 Å². The smallest absolute Gasteiger partial charge is 0.238 e. The highest BCUT2D eigenvalue weighted by Gasteiger charge is 2.08. The molecule has 5 nitrogen and oxygen atoms in total. The molecule has 2 amide bonds. The van der Waals surface area contributed by atoms with Crippen LogP contribution in [0.2, 0.25) is 0 Å². The lowest BCUT2D eigenvalue weighted by molar-refractivity contribution is -0.116. The molecule has 2 aromatic carbocycles. The van der Waals surface area contributed by atoms with Crippen LogP contribution >= 0.6 is 0 Å². The number of hydrogen-bond donors (Lipinski definition) is 3. The third kappa shape index (κ3) is 5.23. The van der Waals surface area contributed by atoms with Gasteiger partial charge in [0.25, 0.3) is 0 Å². The van der Waals surface area contributed by atoms with Crippen LogP contribution in [0.1, 0.15) is 17.5 Å². The van der Waals surface area contributed by atoms with E-state index in [4.69, 9.17) is 5.73 Å². The van der Waals surface area contributed by atoms with Crippen molar-refractivity contribution in [3.8, 4) is 0 Å². The van der Waals surface area contributed by atoms with Gasteiger partial charge in [-0.25, -0.2) is 0 Å². The van der Waals surface area contributed by atoms with Crippen molar-refractivity contribution in [2.75, 3.05) is 17.2 Å². The molecule has 2 aromatic rings. The van der Waals surface area contributed by atoms with Gasteiger partial charge in [0.2, 0.25) is 11.8 Å². The number of hydrogen-bond acceptors (Lipinski definition) is 3. The zero-order valence-corrected chi connectivity index (χ0v) is 13.1. The lowest BCUT2D eigenvalue weighted by Gasteiger charge is -2.11. The van der Waals surface area contributed by atoms with E-state index in [0.717, 1.165) is 5.56 Å². The van der Waals surface area contributed by atoms with E-state index in [1.165, 1.54) is 5.56 Å². The molecular weight excluding hydrogens is 290 g/mol. The number of para-hydroxylation sites is 2. The summed E-state index contributed by atoms with van der Waals surface area (Å²) in [7, 11) is 0. The van der Waals surface area contributed by atoms with E-state index in [2.05, 4.69) is 10.6 Å². The van der Waals surface area contributed by atoms with Crippen molar-refractivity contribution in [3.63, 3.8) is 0 Å². The summed E-state index contributed by atoms with van der Waals surface area (Å²) < 4.78 is 0. The Morgan fingerprint density at radius 1 is 0.913 bits per heavy atom. The second-order valence-corrected chi connectivity index (χ2v) is 5.33. The predicted octanol–water partition coefficient (Wildman–Crippen LogP) is 2.46. The zero-order valence-electron chi connectivity index (χ0n) is 13.1. The van der Waals surface area contributed by atoms with Crippen LogP contribution in [0, 0.1) is 6.92 Å². The third-order valence-corrected chi connectivity index (χ3v) is 3.42. The lowest BCUT2D eigenvalue weighted by Crippen LogP contribution is -2.23. The number of rotatable bonds is 6. The molecular formula is C18H21N3O2. The van der Waals surface area contributed by atoms with Crippen molar-refractivity contribution in [1.29, 1.82) is 0 Å². The van der Waals surface area contributed by atoms with E-state index in [1.807, 2.05) is 31.2 Å². The second kappa shape index (κ2) is 8.10. The highest BCUT2D eigenvalue weighted by molar-refractivity contribution is 6.00. The van der Waals surface area contributed by atoms with Crippen molar-refractivity contribution in [2.24, 2.45) is 5.73 Å². The molecule has 0 aliphatic rings. The Balaban J connectivity index is 1.94. The fourth-order valence-corrected chi connectivity index (χ4v) is 2.13. The maximum atomic E-state index is 12.1. The lowest BCUT2D eigenvalue weighted by atomic mass is 10.1. The van der Waals surface area contributed by atoms with Gasteiger partial charge in [-0.3, -0.25) is 9.59 Å². The Morgan fingerprint density at radius 3 is 2.04 bits per heavy atom. The molecule has 0 bridgehead atoms. The van der Waals surface area contributed by atoms with Gasteiger partial charge >= 0.3 is 0 Å². The summed E-state index contributed by atoms with van der Waals surface area (Å²) in [5.74, 6) is -0.397. The van der Waals surface area contributed by atoms with Gasteiger partial charge in [-0.05, 0) is 31.0 Å². The maximum absolute atomic E-state index is 12.1. The largest absolute Gasteiger partial charge is 0.324 e. The van der Waals surface area contributed by atoms with Crippen molar-refractivity contribution in [3.05, 3.63) is 59.7 Å². The summed E-state index contributed by atoms with van der Waals surface area (Å²) in [6, 6.07) is 15.2. The van der Waals surface area contributed by atoms with Crippen molar-refractivity contribution in [1.82, 2.24) is 0 Å². The average Bonchev–Trinajstić information content (AvgIpc) is 2.56. The number of carbonyl (C=O) groups excluding carboxylic acids is 2. The molecule has 0 aromatic heterocycles. The Morgan fingerprint density at radius 2 is 1.48 bits per heavy atom. The minimum atomic E-state index is -0.300. The van der Waals surface area contributed by atoms with E-state index in [1.54, 1.807) is 24.3 Å². The minimum absolute atomic E-state index is 0.0972. The summed E-state index contributed by atoms with van der Waals surface area (Å²) in [4.78, 5) is 23.5. The van der Waals surface area contributed by atoms with Gasteiger partial charge in [-0.15, -0.1) is 0 Å². The summed E-state index contributed by atoms with van der Waals surface area (Å²) in [5, 5.41) is 5.49. The van der Waals surface area contributed by atoms with Crippen molar-refractivity contribution >= 4 is 23.2 Å². The van der Waals surface area contributed by atoms with E-state index in [0.29, 0.717) is 24.2 Å². The van der Waals surface area contributed by atoms with E-state index < -0.39 is 0 Å². The topological polar surface area (TPSA) is 84.2 Å². The summed E-state index contributed by atoms with van der Waals surface area (Å²) in [6.45, 7) is 1.93. The minimum Gasteiger partial charge on any atom is -0.324 e. The van der Waals surface area contributed by atoms with Crippen LogP contribution < -0.4 is 16.4 Å². The van der Waals surface area contributed by atoms with E-state index >= 15 is 0 Å². The van der Waals surface area contributed by atoms with Gasteiger partial charge < -0.3 is 16.4 Å². The van der Waals surface area contributed by atoms with Crippen LogP contribution in [-0.4, -0.2) is 18.4 Å². The molecule has 2 rings (SSSR count).